The Morgan fingerprint density at radius 3 is 2.50 bits per heavy atom. The van der Waals surface area contributed by atoms with Crippen molar-refractivity contribution >= 4 is 32.9 Å². The maximum atomic E-state index is 13.3. The van der Waals surface area contributed by atoms with E-state index in [-0.39, 0.29) is 50.1 Å². The van der Waals surface area contributed by atoms with Crippen LogP contribution in [0.1, 0.15) is 11.1 Å². The average Bonchev–Trinajstić information content (AvgIpc) is 2.86. The van der Waals surface area contributed by atoms with Gasteiger partial charge in [-0.1, -0.05) is 42.5 Å². The Bertz CT molecular complexity index is 1290. The number of ether oxygens (including phenoxy) is 1. The molecule has 0 radical (unpaired) electrons. The van der Waals surface area contributed by atoms with Gasteiger partial charge in [0.2, 0.25) is 15.9 Å². The van der Waals surface area contributed by atoms with E-state index in [2.05, 4.69) is 10.3 Å². The Balaban J connectivity index is 1.30. The van der Waals surface area contributed by atoms with E-state index in [4.69, 9.17) is 4.74 Å². The summed E-state index contributed by atoms with van der Waals surface area (Å²) in [6, 6.07) is 16.2. The molecule has 0 saturated carbocycles. The third kappa shape index (κ3) is 5.35. The second-order valence-corrected chi connectivity index (χ2v) is 9.95. The third-order valence-electron chi connectivity index (χ3n) is 5.62. The lowest BCUT2D eigenvalue weighted by atomic mass is 10.2. The van der Waals surface area contributed by atoms with Crippen LogP contribution in [0.15, 0.2) is 65.7 Å². The van der Waals surface area contributed by atoms with E-state index < -0.39 is 16.1 Å². The van der Waals surface area contributed by atoms with Crippen LogP contribution < -0.4 is 5.32 Å². The van der Waals surface area contributed by atoms with Crippen molar-refractivity contribution in [3.63, 3.8) is 0 Å². The Labute approximate surface area is 198 Å². The largest absolute Gasteiger partial charge is 0.445 e. The predicted octanol–water partition coefficient (Wildman–Crippen LogP) is 2.30. The van der Waals surface area contributed by atoms with Crippen LogP contribution in [-0.2, 0) is 26.2 Å². The van der Waals surface area contributed by atoms with Crippen LogP contribution >= 0.6 is 0 Å². The smallest absolute Gasteiger partial charge is 0.407 e. The number of nitrogens with one attached hydrogen (secondary N) is 1. The minimum absolute atomic E-state index is 0.111. The van der Waals surface area contributed by atoms with Crippen molar-refractivity contribution in [2.24, 2.45) is 0 Å². The summed E-state index contributed by atoms with van der Waals surface area (Å²) in [5.74, 6) is -0.295. The van der Waals surface area contributed by atoms with Crippen LogP contribution in [0.5, 0.6) is 0 Å². The van der Waals surface area contributed by atoms with Crippen molar-refractivity contribution < 1.29 is 22.7 Å². The standard InChI is InChI=1S/C24H26N4O5S/c1-18-14-20-8-5-9-21(23(20)25-15-18)34(31,32)28-12-10-27(11-13-28)22(29)16-26-24(30)33-17-19-6-3-2-4-7-19/h2-9,14-15H,10-13,16-17H2,1H3,(H,26,30). The summed E-state index contributed by atoms with van der Waals surface area (Å²) in [6.45, 7) is 2.59. The van der Waals surface area contributed by atoms with Crippen molar-refractivity contribution in [2.75, 3.05) is 32.7 Å². The maximum Gasteiger partial charge on any atom is 0.407 e. The fourth-order valence-corrected chi connectivity index (χ4v) is 5.39. The molecular formula is C24H26N4O5S. The maximum absolute atomic E-state index is 13.3. The van der Waals surface area contributed by atoms with E-state index in [1.54, 1.807) is 18.3 Å². The van der Waals surface area contributed by atoms with Gasteiger partial charge in [0.05, 0.1) is 5.52 Å². The van der Waals surface area contributed by atoms with Gasteiger partial charge in [-0.3, -0.25) is 9.78 Å². The molecule has 10 heteroatoms. The van der Waals surface area contributed by atoms with E-state index in [0.717, 1.165) is 16.5 Å². The number of hydrogen-bond donors (Lipinski definition) is 1. The summed E-state index contributed by atoms with van der Waals surface area (Å²) in [5.41, 5.74) is 2.23. The number of rotatable bonds is 6. The van der Waals surface area contributed by atoms with E-state index in [1.165, 1.54) is 9.21 Å². The first-order chi connectivity index (χ1) is 16.3. The van der Waals surface area contributed by atoms with Crippen molar-refractivity contribution in [3.8, 4) is 0 Å². The Kier molecular flexibility index (Phi) is 7.09. The third-order valence-corrected chi connectivity index (χ3v) is 7.55. The molecule has 0 bridgehead atoms. The van der Waals surface area contributed by atoms with Gasteiger partial charge < -0.3 is 15.0 Å². The number of aryl methyl sites for hydroxylation is 1. The van der Waals surface area contributed by atoms with Gasteiger partial charge in [0.15, 0.2) is 0 Å². The number of carbonyl (C=O) groups is 2. The molecule has 0 aliphatic carbocycles. The first kappa shape index (κ1) is 23.7. The second-order valence-electron chi connectivity index (χ2n) is 8.04. The summed E-state index contributed by atoms with van der Waals surface area (Å²) >= 11 is 0. The van der Waals surface area contributed by atoms with Crippen LogP contribution in [0.3, 0.4) is 0 Å². The van der Waals surface area contributed by atoms with Crippen LogP contribution in [0.2, 0.25) is 0 Å². The van der Waals surface area contributed by atoms with E-state index in [0.29, 0.717) is 5.52 Å². The fraction of sp³-hybridized carbons (Fsp3) is 0.292. The lowest BCUT2D eigenvalue weighted by molar-refractivity contribution is -0.131. The summed E-state index contributed by atoms with van der Waals surface area (Å²) in [4.78, 5) is 30.4. The number of pyridine rings is 1. The predicted molar refractivity (Wildman–Crippen MR) is 126 cm³/mol. The first-order valence-electron chi connectivity index (χ1n) is 10.9. The number of fused-ring (bicyclic) bond motifs is 1. The normalized spacial score (nSPS) is 14.7. The zero-order valence-corrected chi connectivity index (χ0v) is 19.6. The molecule has 1 fully saturated rings. The van der Waals surface area contributed by atoms with Crippen LogP contribution in [0.25, 0.3) is 10.9 Å². The number of amides is 2. The molecule has 0 spiro atoms. The molecule has 4 rings (SSSR count). The number of carbonyl (C=O) groups excluding carboxylic acids is 2. The molecule has 1 aliphatic rings. The van der Waals surface area contributed by atoms with E-state index >= 15 is 0 Å². The number of benzene rings is 2. The fourth-order valence-electron chi connectivity index (χ4n) is 3.80. The minimum Gasteiger partial charge on any atom is -0.445 e. The Hall–Kier alpha value is -3.50. The van der Waals surface area contributed by atoms with Crippen molar-refractivity contribution in [1.82, 2.24) is 19.5 Å². The number of nitrogens with zero attached hydrogens (tertiary/aromatic N) is 3. The summed E-state index contributed by atoms with van der Waals surface area (Å²) in [7, 11) is -3.77. The lowest BCUT2D eigenvalue weighted by Crippen LogP contribution is -2.52. The molecule has 34 heavy (non-hydrogen) atoms. The lowest BCUT2D eigenvalue weighted by Gasteiger charge is -2.34. The molecule has 178 valence electrons. The highest BCUT2D eigenvalue weighted by molar-refractivity contribution is 7.89. The number of piperazine rings is 1. The Morgan fingerprint density at radius 2 is 1.76 bits per heavy atom. The quantitative estimate of drug-likeness (QED) is 0.578. The molecule has 9 nitrogen and oxygen atoms in total. The van der Waals surface area contributed by atoms with Crippen molar-refractivity contribution in [3.05, 3.63) is 71.9 Å². The monoisotopic (exact) mass is 482 g/mol. The van der Waals surface area contributed by atoms with Gasteiger partial charge in [0.25, 0.3) is 0 Å². The van der Waals surface area contributed by atoms with Gasteiger partial charge in [0, 0.05) is 37.8 Å². The molecule has 2 aromatic carbocycles. The molecule has 0 unspecified atom stereocenters. The van der Waals surface area contributed by atoms with Gasteiger partial charge in [-0.05, 0) is 30.2 Å². The highest BCUT2D eigenvalue weighted by atomic mass is 32.2. The van der Waals surface area contributed by atoms with Gasteiger partial charge in [-0.15, -0.1) is 0 Å². The van der Waals surface area contributed by atoms with E-state index in [9.17, 15) is 18.0 Å². The van der Waals surface area contributed by atoms with E-state index in [1.807, 2.05) is 49.4 Å². The topological polar surface area (TPSA) is 109 Å². The SMILES string of the molecule is Cc1cnc2c(S(=O)(=O)N3CCN(C(=O)CNC(=O)OCc4ccccc4)CC3)cccc2c1. The first-order valence-corrected chi connectivity index (χ1v) is 12.4. The summed E-state index contributed by atoms with van der Waals surface area (Å²) in [6.07, 6.45) is 0.965. The van der Waals surface area contributed by atoms with Gasteiger partial charge >= 0.3 is 6.09 Å². The zero-order valence-electron chi connectivity index (χ0n) is 18.8. The summed E-state index contributed by atoms with van der Waals surface area (Å²) in [5, 5.41) is 3.21. The molecule has 3 aromatic rings. The summed E-state index contributed by atoms with van der Waals surface area (Å²) < 4.78 is 33.0. The second kappa shape index (κ2) is 10.2. The Morgan fingerprint density at radius 1 is 1.03 bits per heavy atom. The van der Waals surface area contributed by atoms with Crippen LogP contribution in [0.4, 0.5) is 4.79 Å². The molecule has 2 heterocycles. The average molecular weight is 483 g/mol. The van der Waals surface area contributed by atoms with Crippen LogP contribution in [-0.4, -0.2) is 67.3 Å². The number of aromatic nitrogens is 1. The number of hydrogen-bond acceptors (Lipinski definition) is 6. The molecule has 1 aliphatic heterocycles. The minimum atomic E-state index is -3.77. The molecule has 1 aromatic heterocycles. The highest BCUT2D eigenvalue weighted by Gasteiger charge is 2.31. The number of sulfonamides is 1. The molecule has 1 N–H and O–H groups in total. The number of alkyl carbamates (subject to hydrolysis) is 1. The molecule has 1 saturated heterocycles. The van der Waals surface area contributed by atoms with Crippen LogP contribution in [0, 0.1) is 6.92 Å². The molecule has 2 amide bonds. The molecular weight excluding hydrogens is 456 g/mol. The van der Waals surface area contributed by atoms with Crippen molar-refractivity contribution in [1.29, 1.82) is 0 Å². The van der Waals surface area contributed by atoms with Crippen molar-refractivity contribution in [2.45, 2.75) is 18.4 Å². The highest BCUT2D eigenvalue weighted by Crippen LogP contribution is 2.25. The van der Waals surface area contributed by atoms with Gasteiger partial charge in [0.1, 0.15) is 18.0 Å². The van der Waals surface area contributed by atoms with Gasteiger partial charge in [-0.25, -0.2) is 13.2 Å². The van der Waals surface area contributed by atoms with Gasteiger partial charge in [-0.2, -0.15) is 4.31 Å². The number of para-hydroxylation sites is 1. The molecule has 0 atom stereocenters. The zero-order chi connectivity index (χ0) is 24.1.